The summed E-state index contributed by atoms with van der Waals surface area (Å²) in [7, 11) is -7.35. The summed E-state index contributed by atoms with van der Waals surface area (Å²) in [5.41, 5.74) is -0.164. The van der Waals surface area contributed by atoms with Crippen molar-refractivity contribution >= 4 is 25.8 Å². The van der Waals surface area contributed by atoms with Gasteiger partial charge < -0.3 is 5.11 Å². The van der Waals surface area contributed by atoms with Crippen molar-refractivity contribution in [2.45, 2.75) is 10.9 Å². The molecule has 0 spiro atoms. The van der Waals surface area contributed by atoms with E-state index in [0.29, 0.717) is 0 Å². The highest BCUT2D eigenvalue weighted by Gasteiger charge is 2.27. The van der Waals surface area contributed by atoms with E-state index in [9.17, 15) is 21.6 Å². The van der Waals surface area contributed by atoms with E-state index in [1.807, 2.05) is 0 Å². The fraction of sp³-hybridized carbons (Fsp3) is 0.182. The lowest BCUT2D eigenvalue weighted by molar-refractivity contribution is 0.0696. The van der Waals surface area contributed by atoms with E-state index in [2.05, 4.69) is 4.72 Å². The van der Waals surface area contributed by atoms with Crippen LogP contribution in [0.2, 0.25) is 0 Å². The lowest BCUT2D eigenvalue weighted by atomic mass is 10.2. The molecule has 1 aromatic carbocycles. The van der Waals surface area contributed by atoms with Gasteiger partial charge in [-0.1, -0.05) is 12.1 Å². The van der Waals surface area contributed by atoms with Gasteiger partial charge in [-0.25, -0.2) is 26.4 Å². The summed E-state index contributed by atoms with van der Waals surface area (Å²) in [6, 6.07) is 3.97. The number of rotatable bonds is 4. The number of benzene rings is 1. The summed E-state index contributed by atoms with van der Waals surface area (Å²) in [6.45, 7) is 0. The van der Waals surface area contributed by atoms with Gasteiger partial charge in [0.05, 0.1) is 22.3 Å². The Hall–Kier alpha value is -1.71. The van der Waals surface area contributed by atoms with E-state index in [-0.39, 0.29) is 16.2 Å². The van der Waals surface area contributed by atoms with Crippen LogP contribution in [-0.4, -0.2) is 39.7 Å². The second-order valence-corrected chi connectivity index (χ2v) is 7.86. The van der Waals surface area contributed by atoms with Crippen LogP contribution < -0.4 is 4.72 Å². The average molecular weight is 317 g/mol. The SMILES string of the molecule is O=C(O)c1cccc(S(=O)(=O)NC2C=CS(=O)(=O)C2)c1. The molecule has 0 saturated heterocycles. The van der Waals surface area contributed by atoms with Crippen molar-refractivity contribution < 1.29 is 26.7 Å². The van der Waals surface area contributed by atoms with Gasteiger partial charge in [-0.05, 0) is 18.2 Å². The number of hydrogen-bond donors (Lipinski definition) is 2. The molecule has 0 aromatic heterocycles. The van der Waals surface area contributed by atoms with Gasteiger partial charge in [-0.2, -0.15) is 0 Å². The molecule has 7 nitrogen and oxygen atoms in total. The number of carbonyl (C=O) groups is 1. The molecule has 2 N–H and O–H groups in total. The molecule has 1 aromatic rings. The molecule has 0 amide bonds. The fourth-order valence-electron chi connectivity index (χ4n) is 1.71. The monoisotopic (exact) mass is 317 g/mol. The van der Waals surface area contributed by atoms with Gasteiger partial charge in [0.2, 0.25) is 10.0 Å². The molecule has 1 aliphatic rings. The number of hydrogen-bond acceptors (Lipinski definition) is 5. The molecule has 0 fully saturated rings. The predicted molar refractivity (Wildman–Crippen MR) is 70.4 cm³/mol. The van der Waals surface area contributed by atoms with Crippen molar-refractivity contribution in [2.24, 2.45) is 0 Å². The topological polar surface area (TPSA) is 118 Å². The minimum atomic E-state index is -3.98. The van der Waals surface area contributed by atoms with Crippen molar-refractivity contribution in [1.29, 1.82) is 0 Å². The van der Waals surface area contributed by atoms with Gasteiger partial charge in [-0.3, -0.25) is 0 Å². The quantitative estimate of drug-likeness (QED) is 0.805. The third-order valence-corrected chi connectivity index (χ3v) is 5.51. The van der Waals surface area contributed by atoms with Crippen molar-refractivity contribution in [1.82, 2.24) is 4.72 Å². The van der Waals surface area contributed by atoms with Crippen LogP contribution in [0, 0.1) is 0 Å². The number of nitrogens with one attached hydrogen (secondary N) is 1. The summed E-state index contributed by atoms with van der Waals surface area (Å²) in [5.74, 6) is -1.59. The third-order valence-electron chi connectivity index (χ3n) is 2.63. The second-order valence-electron chi connectivity index (χ2n) is 4.22. The lowest BCUT2D eigenvalue weighted by Gasteiger charge is -2.11. The summed E-state index contributed by atoms with van der Waals surface area (Å²) >= 11 is 0. The van der Waals surface area contributed by atoms with Gasteiger partial charge in [0, 0.05) is 5.41 Å². The first-order chi connectivity index (χ1) is 9.20. The Kier molecular flexibility index (Phi) is 3.67. The number of aromatic carboxylic acids is 1. The normalized spacial score (nSPS) is 20.9. The van der Waals surface area contributed by atoms with Crippen LogP contribution in [0.15, 0.2) is 40.6 Å². The van der Waals surface area contributed by atoms with E-state index in [1.165, 1.54) is 24.3 Å². The highest BCUT2D eigenvalue weighted by atomic mass is 32.2. The summed E-state index contributed by atoms with van der Waals surface area (Å²) in [4.78, 5) is 10.6. The van der Waals surface area contributed by atoms with E-state index in [1.54, 1.807) is 0 Å². The van der Waals surface area contributed by atoms with Crippen molar-refractivity contribution in [2.75, 3.05) is 5.75 Å². The first-order valence-electron chi connectivity index (χ1n) is 5.46. The molecule has 1 atom stereocenters. The van der Waals surface area contributed by atoms with Crippen molar-refractivity contribution in [3.8, 4) is 0 Å². The Bertz CT molecular complexity index is 779. The zero-order valence-electron chi connectivity index (χ0n) is 10.1. The molecular formula is C11H11NO6S2. The largest absolute Gasteiger partial charge is 0.478 e. The Morgan fingerprint density at radius 3 is 2.60 bits per heavy atom. The van der Waals surface area contributed by atoms with E-state index >= 15 is 0 Å². The first-order valence-corrected chi connectivity index (χ1v) is 8.66. The van der Waals surface area contributed by atoms with Crippen LogP contribution >= 0.6 is 0 Å². The highest BCUT2D eigenvalue weighted by Crippen LogP contribution is 2.15. The minimum Gasteiger partial charge on any atom is -0.478 e. The summed E-state index contributed by atoms with van der Waals surface area (Å²) < 4.78 is 48.7. The minimum absolute atomic E-state index is 0.164. The van der Waals surface area contributed by atoms with Gasteiger partial charge in [0.15, 0.2) is 9.84 Å². The standard InChI is InChI=1S/C11H11NO6S2/c13-11(14)8-2-1-3-10(6-8)20(17,18)12-9-4-5-19(15,16)7-9/h1-6,9,12H,7H2,(H,13,14). The molecule has 0 saturated carbocycles. The van der Waals surface area contributed by atoms with Gasteiger partial charge in [-0.15, -0.1) is 0 Å². The first kappa shape index (κ1) is 14.7. The van der Waals surface area contributed by atoms with E-state index in [4.69, 9.17) is 5.11 Å². The maximum absolute atomic E-state index is 12.0. The van der Waals surface area contributed by atoms with E-state index < -0.39 is 31.9 Å². The summed E-state index contributed by atoms with van der Waals surface area (Å²) in [5, 5.41) is 9.77. The number of carboxylic acid groups (broad SMARTS) is 1. The average Bonchev–Trinajstić information content (AvgIpc) is 2.68. The van der Waals surface area contributed by atoms with Gasteiger partial charge in [0.1, 0.15) is 0 Å². The molecule has 1 aliphatic heterocycles. The smallest absolute Gasteiger partial charge is 0.335 e. The number of carboxylic acids is 1. The molecule has 0 aliphatic carbocycles. The number of sulfone groups is 1. The van der Waals surface area contributed by atoms with Crippen LogP contribution in [0.4, 0.5) is 0 Å². The molecule has 0 radical (unpaired) electrons. The lowest BCUT2D eigenvalue weighted by Crippen LogP contribution is -2.35. The van der Waals surface area contributed by atoms with Crippen molar-refractivity contribution in [3.63, 3.8) is 0 Å². The summed E-state index contributed by atoms with van der Waals surface area (Å²) in [6.07, 6.45) is 1.24. The van der Waals surface area contributed by atoms with Gasteiger partial charge in [0.25, 0.3) is 0 Å². The van der Waals surface area contributed by atoms with Crippen LogP contribution in [0.3, 0.4) is 0 Å². The molecule has 108 valence electrons. The molecule has 1 unspecified atom stereocenters. The van der Waals surface area contributed by atoms with Crippen LogP contribution in [-0.2, 0) is 19.9 Å². The zero-order chi connectivity index (χ0) is 15.0. The van der Waals surface area contributed by atoms with Crippen LogP contribution in [0.5, 0.6) is 0 Å². The van der Waals surface area contributed by atoms with E-state index in [0.717, 1.165) is 11.5 Å². The van der Waals surface area contributed by atoms with Gasteiger partial charge >= 0.3 is 5.97 Å². The molecule has 0 bridgehead atoms. The molecule has 20 heavy (non-hydrogen) atoms. The maximum Gasteiger partial charge on any atom is 0.335 e. The molecule has 2 rings (SSSR count). The maximum atomic E-state index is 12.0. The van der Waals surface area contributed by atoms with Crippen molar-refractivity contribution in [3.05, 3.63) is 41.3 Å². The number of sulfonamides is 1. The fourth-order valence-corrected chi connectivity index (χ4v) is 4.29. The Balaban J connectivity index is 2.26. The highest BCUT2D eigenvalue weighted by molar-refractivity contribution is 7.94. The molecular weight excluding hydrogens is 306 g/mol. The van der Waals surface area contributed by atoms with Crippen LogP contribution in [0.1, 0.15) is 10.4 Å². The third kappa shape index (κ3) is 3.24. The predicted octanol–water partition coefficient (Wildman–Crippen LogP) is -0.0262. The van der Waals surface area contributed by atoms with Crippen LogP contribution in [0.25, 0.3) is 0 Å². The second kappa shape index (κ2) is 5.00. The molecule has 9 heteroatoms. The zero-order valence-corrected chi connectivity index (χ0v) is 11.7. The Morgan fingerprint density at radius 1 is 1.35 bits per heavy atom. The molecule has 1 heterocycles. The Morgan fingerprint density at radius 2 is 2.05 bits per heavy atom. The Labute approximate surface area is 115 Å².